The monoisotopic (exact) mass is 215 g/mol. The molecule has 2 aliphatic rings. The van der Waals surface area contributed by atoms with Gasteiger partial charge in [-0.3, -0.25) is 4.90 Å². The Labute approximate surface area is 98.5 Å². The molecule has 2 atom stereocenters. The summed E-state index contributed by atoms with van der Waals surface area (Å²) < 4.78 is 0. The van der Waals surface area contributed by atoms with Gasteiger partial charge in [0.15, 0.2) is 0 Å². The van der Waals surface area contributed by atoms with E-state index in [4.69, 9.17) is 0 Å². The summed E-state index contributed by atoms with van der Waals surface area (Å²) in [6, 6.07) is 11.9. The summed E-state index contributed by atoms with van der Waals surface area (Å²) in [5.41, 5.74) is 2.00. The molecule has 2 aliphatic heterocycles. The fourth-order valence-electron chi connectivity index (χ4n) is 3.78. The maximum Gasteiger partial charge on any atom is 0.0250 e. The number of rotatable bonds is 2. The second-order valence-electron chi connectivity index (χ2n) is 5.58. The molecule has 16 heavy (non-hydrogen) atoms. The highest BCUT2D eigenvalue weighted by molar-refractivity contribution is 5.20. The Morgan fingerprint density at radius 3 is 2.81 bits per heavy atom. The number of nitrogens with zero attached hydrogens (tertiary/aromatic N) is 1. The van der Waals surface area contributed by atoms with Crippen LogP contribution in [0.5, 0.6) is 0 Å². The van der Waals surface area contributed by atoms with Crippen molar-refractivity contribution in [1.82, 2.24) is 4.90 Å². The molecular formula is C15H21N. The number of fused-ring (bicyclic) bond motifs is 2. The van der Waals surface area contributed by atoms with Crippen LogP contribution in [0.4, 0.5) is 0 Å². The van der Waals surface area contributed by atoms with Gasteiger partial charge in [0.05, 0.1) is 0 Å². The highest BCUT2D eigenvalue weighted by Crippen LogP contribution is 2.44. The zero-order valence-corrected chi connectivity index (χ0v) is 10.2. The Balaban J connectivity index is 1.83. The maximum absolute atomic E-state index is 2.68. The fraction of sp³-hybridized carbons (Fsp3) is 0.600. The van der Waals surface area contributed by atoms with Crippen LogP contribution in [0.1, 0.15) is 37.7 Å². The Bertz CT molecular complexity index is 355. The molecule has 2 heterocycles. The zero-order chi connectivity index (χ0) is 11.0. The molecule has 0 radical (unpaired) electrons. The predicted octanol–water partition coefficient (Wildman–Crippen LogP) is 3.25. The van der Waals surface area contributed by atoms with Gasteiger partial charge >= 0.3 is 0 Å². The van der Waals surface area contributed by atoms with Crippen LogP contribution in [0.25, 0.3) is 0 Å². The van der Waals surface area contributed by atoms with E-state index in [0.717, 1.165) is 6.04 Å². The molecule has 0 spiro atoms. The van der Waals surface area contributed by atoms with Crippen molar-refractivity contribution >= 4 is 0 Å². The topological polar surface area (TPSA) is 3.24 Å². The maximum atomic E-state index is 2.68. The third-order valence-corrected chi connectivity index (χ3v) is 4.79. The summed E-state index contributed by atoms with van der Waals surface area (Å²) in [6.45, 7) is 0. The van der Waals surface area contributed by atoms with E-state index in [2.05, 4.69) is 42.3 Å². The van der Waals surface area contributed by atoms with Crippen molar-refractivity contribution in [3.8, 4) is 0 Å². The van der Waals surface area contributed by atoms with Gasteiger partial charge in [-0.1, -0.05) is 36.8 Å². The molecule has 86 valence electrons. The lowest BCUT2D eigenvalue weighted by atomic mass is 9.83. The Kier molecular flexibility index (Phi) is 2.51. The van der Waals surface area contributed by atoms with Gasteiger partial charge in [0, 0.05) is 11.6 Å². The zero-order valence-electron chi connectivity index (χ0n) is 10.2. The standard InChI is InChI=1S/C15H21N/c1-16-14-8-5-10-15(16,11-9-14)12-13-6-3-2-4-7-13/h2-4,6-7,14H,5,8-12H2,1H3/t14-,15+/m1/s1. The van der Waals surface area contributed by atoms with Gasteiger partial charge in [0.25, 0.3) is 0 Å². The summed E-state index contributed by atoms with van der Waals surface area (Å²) in [5.74, 6) is 0. The Hall–Kier alpha value is -0.820. The third-order valence-electron chi connectivity index (χ3n) is 4.79. The summed E-state index contributed by atoms with van der Waals surface area (Å²) in [6.07, 6.45) is 8.33. The number of likely N-dealkylation sites (N-methyl/N-ethyl adjacent to an activating group) is 1. The van der Waals surface area contributed by atoms with E-state index < -0.39 is 0 Å². The molecule has 2 bridgehead atoms. The van der Waals surface area contributed by atoms with E-state index in [1.807, 2.05) is 0 Å². The Morgan fingerprint density at radius 1 is 1.19 bits per heavy atom. The summed E-state index contributed by atoms with van der Waals surface area (Å²) >= 11 is 0. The quantitative estimate of drug-likeness (QED) is 0.732. The minimum atomic E-state index is 0.490. The van der Waals surface area contributed by atoms with Gasteiger partial charge in [-0.05, 0) is 44.7 Å². The van der Waals surface area contributed by atoms with Crippen LogP contribution >= 0.6 is 0 Å². The van der Waals surface area contributed by atoms with Crippen LogP contribution in [0.2, 0.25) is 0 Å². The van der Waals surface area contributed by atoms with E-state index in [-0.39, 0.29) is 0 Å². The lowest BCUT2D eigenvalue weighted by Crippen LogP contribution is -2.49. The minimum Gasteiger partial charge on any atom is -0.297 e. The number of benzene rings is 1. The Morgan fingerprint density at radius 2 is 2.00 bits per heavy atom. The molecule has 0 aromatic heterocycles. The van der Waals surface area contributed by atoms with E-state index in [0.29, 0.717) is 5.54 Å². The third kappa shape index (κ3) is 1.58. The van der Waals surface area contributed by atoms with Gasteiger partial charge in [-0.2, -0.15) is 0 Å². The second kappa shape index (κ2) is 3.89. The molecule has 0 saturated carbocycles. The highest BCUT2D eigenvalue weighted by Gasteiger charge is 2.46. The first kappa shape index (κ1) is 10.3. The largest absolute Gasteiger partial charge is 0.297 e. The van der Waals surface area contributed by atoms with Gasteiger partial charge in [-0.25, -0.2) is 0 Å². The average Bonchev–Trinajstić information content (AvgIpc) is 2.52. The van der Waals surface area contributed by atoms with E-state index >= 15 is 0 Å². The van der Waals surface area contributed by atoms with Crippen molar-refractivity contribution in [2.45, 2.75) is 50.1 Å². The molecule has 1 heteroatoms. The molecule has 1 nitrogen and oxygen atoms in total. The van der Waals surface area contributed by atoms with Crippen LogP contribution in [-0.2, 0) is 6.42 Å². The van der Waals surface area contributed by atoms with Crippen molar-refractivity contribution in [1.29, 1.82) is 0 Å². The molecule has 3 rings (SSSR count). The second-order valence-corrected chi connectivity index (χ2v) is 5.58. The van der Waals surface area contributed by atoms with Gasteiger partial charge in [0.2, 0.25) is 0 Å². The van der Waals surface area contributed by atoms with E-state index in [1.165, 1.54) is 44.1 Å². The van der Waals surface area contributed by atoms with Crippen LogP contribution < -0.4 is 0 Å². The first-order valence-electron chi connectivity index (χ1n) is 6.57. The predicted molar refractivity (Wildman–Crippen MR) is 67.5 cm³/mol. The average molecular weight is 215 g/mol. The molecule has 0 aliphatic carbocycles. The fourth-order valence-corrected chi connectivity index (χ4v) is 3.78. The number of hydrogen-bond acceptors (Lipinski definition) is 1. The molecule has 0 N–H and O–H groups in total. The molecule has 2 saturated heterocycles. The van der Waals surface area contributed by atoms with Crippen molar-refractivity contribution in [2.24, 2.45) is 0 Å². The van der Waals surface area contributed by atoms with Gasteiger partial charge in [-0.15, -0.1) is 0 Å². The molecule has 0 unspecified atom stereocenters. The van der Waals surface area contributed by atoms with Crippen molar-refractivity contribution in [3.63, 3.8) is 0 Å². The van der Waals surface area contributed by atoms with Crippen molar-refractivity contribution < 1.29 is 0 Å². The van der Waals surface area contributed by atoms with Gasteiger partial charge < -0.3 is 0 Å². The molecule has 1 aromatic carbocycles. The summed E-state index contributed by atoms with van der Waals surface area (Å²) in [5, 5.41) is 0. The van der Waals surface area contributed by atoms with Crippen molar-refractivity contribution in [3.05, 3.63) is 35.9 Å². The first-order chi connectivity index (χ1) is 7.80. The molecule has 2 fully saturated rings. The number of hydrogen-bond donors (Lipinski definition) is 0. The minimum absolute atomic E-state index is 0.490. The van der Waals surface area contributed by atoms with Crippen LogP contribution in [0, 0.1) is 0 Å². The van der Waals surface area contributed by atoms with Crippen LogP contribution in [0.3, 0.4) is 0 Å². The van der Waals surface area contributed by atoms with Gasteiger partial charge in [0.1, 0.15) is 0 Å². The lowest BCUT2D eigenvalue weighted by Gasteiger charge is -2.43. The van der Waals surface area contributed by atoms with Crippen LogP contribution in [-0.4, -0.2) is 23.5 Å². The summed E-state index contributed by atoms with van der Waals surface area (Å²) in [4.78, 5) is 2.68. The highest BCUT2D eigenvalue weighted by atomic mass is 15.2. The molecule has 0 amide bonds. The smallest absolute Gasteiger partial charge is 0.0250 e. The summed E-state index contributed by atoms with van der Waals surface area (Å²) in [7, 11) is 2.35. The molecular weight excluding hydrogens is 194 g/mol. The van der Waals surface area contributed by atoms with E-state index in [9.17, 15) is 0 Å². The van der Waals surface area contributed by atoms with Crippen LogP contribution in [0.15, 0.2) is 30.3 Å². The normalized spacial score (nSPS) is 34.2. The number of piperidine rings is 1. The SMILES string of the molecule is CN1[C@@H]2CCC[C@@]1(Cc1ccccc1)CC2. The lowest BCUT2D eigenvalue weighted by molar-refractivity contribution is 0.0823. The van der Waals surface area contributed by atoms with Crippen molar-refractivity contribution in [2.75, 3.05) is 7.05 Å². The molecule has 1 aromatic rings. The first-order valence-corrected chi connectivity index (χ1v) is 6.57. The van der Waals surface area contributed by atoms with E-state index in [1.54, 1.807) is 0 Å².